The molecule has 0 aliphatic rings. The Morgan fingerprint density at radius 3 is 1.12 bits per heavy atom. The molecule has 0 aliphatic carbocycles. The van der Waals surface area contributed by atoms with Crippen molar-refractivity contribution in [2.24, 2.45) is 0 Å². The van der Waals surface area contributed by atoms with Gasteiger partial charge in [-0.3, -0.25) is 9.11 Å². The largest absolute Gasteiger partial charge is 0.394 e. The molecule has 0 rings (SSSR count). The molecule has 0 heterocycles. The first-order valence-electron chi connectivity index (χ1n) is 1.70. The summed E-state index contributed by atoms with van der Waals surface area (Å²) >= 11 is 0. The van der Waals surface area contributed by atoms with E-state index in [2.05, 4.69) is 0 Å². The maximum absolute atomic E-state index is 8.74. The summed E-state index contributed by atoms with van der Waals surface area (Å²) in [6.45, 7) is 4.00. The topological polar surface area (TPSA) is 110 Å². The summed E-state index contributed by atoms with van der Waals surface area (Å²) in [5.74, 6) is 0. The molecule has 0 radical (unpaired) electrons. The van der Waals surface area contributed by atoms with E-state index in [1.54, 1.807) is 0 Å². The molecule has 54 valence electrons. The molecule has 8 heavy (non-hydrogen) atoms. The molecule has 0 bridgehead atoms. The van der Waals surface area contributed by atoms with E-state index in [1.807, 2.05) is 13.8 Å². The Labute approximate surface area is 48.9 Å². The molecule has 0 saturated heterocycles. The third-order valence-corrected chi connectivity index (χ3v) is 0. The molecule has 5 N–H and O–H groups in total. The van der Waals surface area contributed by atoms with Gasteiger partial charge in [-0.2, -0.15) is 8.42 Å². The van der Waals surface area contributed by atoms with Crippen molar-refractivity contribution < 1.29 is 17.5 Å². The van der Waals surface area contributed by atoms with Crippen molar-refractivity contribution >= 4 is 10.4 Å². The second kappa shape index (κ2) is 6.83. The maximum Gasteiger partial charge on any atom is 0.394 e. The van der Waals surface area contributed by atoms with Crippen molar-refractivity contribution in [1.82, 2.24) is 6.15 Å². The minimum atomic E-state index is -4.67. The molecule has 0 fully saturated rings. The quantitative estimate of drug-likeness (QED) is 0.431. The Morgan fingerprint density at radius 1 is 1.12 bits per heavy atom. The Hall–Kier alpha value is -0.170. The average molecular weight is 145 g/mol. The molecule has 5 nitrogen and oxygen atoms in total. The van der Waals surface area contributed by atoms with Crippen LogP contribution < -0.4 is 6.15 Å². The molecule has 0 saturated carbocycles. The lowest BCUT2D eigenvalue weighted by Gasteiger charge is -1.68. The van der Waals surface area contributed by atoms with E-state index in [0.29, 0.717) is 0 Å². The summed E-state index contributed by atoms with van der Waals surface area (Å²) in [5.41, 5.74) is 0. The first kappa shape index (κ1) is 15.7. The van der Waals surface area contributed by atoms with Gasteiger partial charge in [-0.25, -0.2) is 0 Å². The number of hydrogen-bond acceptors (Lipinski definition) is 3. The normalized spacial score (nSPS) is 8.00. The summed E-state index contributed by atoms with van der Waals surface area (Å²) in [5, 5.41) is 0. The van der Waals surface area contributed by atoms with Gasteiger partial charge >= 0.3 is 10.4 Å². The minimum absolute atomic E-state index is 0. The lowest BCUT2D eigenvalue weighted by atomic mass is 11.0. The van der Waals surface area contributed by atoms with E-state index < -0.39 is 10.4 Å². The van der Waals surface area contributed by atoms with Gasteiger partial charge in [-0.15, -0.1) is 0 Å². The zero-order valence-corrected chi connectivity index (χ0v) is 5.64. The number of rotatable bonds is 0. The zero-order chi connectivity index (χ0) is 6.50. The van der Waals surface area contributed by atoms with Gasteiger partial charge in [-0.05, 0) is 0 Å². The third kappa shape index (κ3) is 4710. The van der Waals surface area contributed by atoms with Crippen LogP contribution in [-0.2, 0) is 10.4 Å². The van der Waals surface area contributed by atoms with Crippen molar-refractivity contribution in [3.63, 3.8) is 0 Å². The van der Waals surface area contributed by atoms with Crippen LogP contribution in [0.15, 0.2) is 0 Å². The van der Waals surface area contributed by atoms with Crippen LogP contribution in [0, 0.1) is 0 Å². The first-order valence-corrected chi connectivity index (χ1v) is 3.10. The lowest BCUT2D eigenvalue weighted by molar-refractivity contribution is 0.381. The van der Waals surface area contributed by atoms with Crippen LogP contribution in [0.2, 0.25) is 0 Å². The van der Waals surface area contributed by atoms with Gasteiger partial charge in [0.2, 0.25) is 0 Å². The fourth-order valence-electron chi connectivity index (χ4n) is 0. The molecule has 0 aromatic rings. The Bertz CT molecular complexity index is 97.2. The van der Waals surface area contributed by atoms with Crippen LogP contribution in [0.25, 0.3) is 0 Å². The van der Waals surface area contributed by atoms with Crippen LogP contribution in [0.5, 0.6) is 0 Å². The second-order valence-corrected chi connectivity index (χ2v) is 1.34. The highest BCUT2D eigenvalue weighted by Gasteiger charge is 1.84. The van der Waals surface area contributed by atoms with Gasteiger partial charge in [0.25, 0.3) is 0 Å². The van der Waals surface area contributed by atoms with Crippen LogP contribution in [0.4, 0.5) is 0 Å². The van der Waals surface area contributed by atoms with Crippen molar-refractivity contribution in [3.8, 4) is 0 Å². The van der Waals surface area contributed by atoms with Gasteiger partial charge in [0, 0.05) is 0 Å². The van der Waals surface area contributed by atoms with E-state index in [9.17, 15) is 0 Å². The molecule has 0 amide bonds. The van der Waals surface area contributed by atoms with Gasteiger partial charge < -0.3 is 6.15 Å². The molecule has 0 aromatic carbocycles. The van der Waals surface area contributed by atoms with Crippen LogP contribution in [-0.4, -0.2) is 17.5 Å². The van der Waals surface area contributed by atoms with Gasteiger partial charge in [0.15, 0.2) is 0 Å². The zero-order valence-electron chi connectivity index (χ0n) is 4.83. The molecular weight excluding hydrogens is 134 g/mol. The SMILES string of the molecule is CC.N.O=S(=O)(O)O. The summed E-state index contributed by atoms with van der Waals surface area (Å²) in [6.07, 6.45) is 0. The highest BCUT2D eigenvalue weighted by molar-refractivity contribution is 7.79. The van der Waals surface area contributed by atoms with E-state index >= 15 is 0 Å². The average Bonchev–Trinajstić information content (AvgIpc) is 1.36. The Kier molecular flexibility index (Phi) is 13.4. The van der Waals surface area contributed by atoms with Crippen LogP contribution in [0.3, 0.4) is 0 Å². The standard InChI is InChI=1S/C2H6.H3N.H2O4S/c1-2;;1-5(2,3)4/h1-2H3;1H3;(H2,1,2,3,4). The van der Waals surface area contributed by atoms with Crippen LogP contribution in [0.1, 0.15) is 13.8 Å². The molecule has 0 unspecified atom stereocenters. The van der Waals surface area contributed by atoms with Gasteiger partial charge in [0.05, 0.1) is 0 Å². The fourth-order valence-corrected chi connectivity index (χ4v) is 0. The Morgan fingerprint density at radius 2 is 1.12 bits per heavy atom. The minimum Gasteiger partial charge on any atom is -0.344 e. The van der Waals surface area contributed by atoms with E-state index in [4.69, 9.17) is 17.5 Å². The van der Waals surface area contributed by atoms with Gasteiger partial charge in [0.1, 0.15) is 0 Å². The smallest absolute Gasteiger partial charge is 0.344 e. The van der Waals surface area contributed by atoms with Crippen molar-refractivity contribution in [1.29, 1.82) is 0 Å². The highest BCUT2D eigenvalue weighted by Crippen LogP contribution is 1.59. The van der Waals surface area contributed by atoms with Crippen molar-refractivity contribution in [3.05, 3.63) is 0 Å². The van der Waals surface area contributed by atoms with Crippen molar-refractivity contribution in [2.45, 2.75) is 13.8 Å². The van der Waals surface area contributed by atoms with E-state index in [0.717, 1.165) is 0 Å². The predicted molar refractivity (Wildman–Crippen MR) is 30.5 cm³/mol. The van der Waals surface area contributed by atoms with Crippen LogP contribution >= 0.6 is 0 Å². The molecule has 0 atom stereocenters. The highest BCUT2D eigenvalue weighted by atomic mass is 32.3. The summed E-state index contributed by atoms with van der Waals surface area (Å²) < 4.78 is 31.6. The first-order chi connectivity index (χ1) is 3.00. The lowest BCUT2D eigenvalue weighted by Crippen LogP contribution is -1.89. The third-order valence-electron chi connectivity index (χ3n) is 0. The predicted octanol–water partition coefficient (Wildman–Crippen LogP) is 0.535. The molecule has 6 heteroatoms. The summed E-state index contributed by atoms with van der Waals surface area (Å²) in [4.78, 5) is 0. The number of hydrogen-bond donors (Lipinski definition) is 3. The van der Waals surface area contributed by atoms with Gasteiger partial charge in [-0.1, -0.05) is 13.8 Å². The monoisotopic (exact) mass is 145 g/mol. The second-order valence-electron chi connectivity index (χ2n) is 0.448. The summed E-state index contributed by atoms with van der Waals surface area (Å²) in [6, 6.07) is 0. The van der Waals surface area contributed by atoms with Crippen molar-refractivity contribution in [2.75, 3.05) is 0 Å². The van der Waals surface area contributed by atoms with E-state index in [1.165, 1.54) is 0 Å². The molecule has 0 spiro atoms. The maximum atomic E-state index is 8.74. The molecule has 0 aliphatic heterocycles. The van der Waals surface area contributed by atoms with E-state index in [-0.39, 0.29) is 6.15 Å². The molecular formula is C2H11NO4S. The molecule has 0 aromatic heterocycles. The fraction of sp³-hybridized carbons (Fsp3) is 1.00. The Balaban J connectivity index is -0.0000000750. The summed E-state index contributed by atoms with van der Waals surface area (Å²) in [7, 11) is -4.67.